The smallest absolute Gasteiger partial charge is 0.354 e. The molecule has 0 N–H and O–H groups in total. The van der Waals surface area contributed by atoms with Gasteiger partial charge >= 0.3 is 6.18 Å². The van der Waals surface area contributed by atoms with E-state index in [-0.39, 0.29) is 0 Å². The van der Waals surface area contributed by atoms with Gasteiger partial charge in [0.1, 0.15) is 17.5 Å². The van der Waals surface area contributed by atoms with Gasteiger partial charge in [-0.2, -0.15) is 18.4 Å². The Labute approximate surface area is 160 Å². The Morgan fingerprint density at radius 3 is 2.44 bits per heavy atom. The van der Waals surface area contributed by atoms with Crippen molar-refractivity contribution in [1.29, 1.82) is 5.26 Å². The van der Waals surface area contributed by atoms with Gasteiger partial charge < -0.3 is 9.47 Å². The van der Waals surface area contributed by atoms with Crippen LogP contribution < -0.4 is 4.90 Å². The van der Waals surface area contributed by atoms with Crippen molar-refractivity contribution in [2.24, 2.45) is 0 Å². The number of fused-ring (bicyclic) bond motifs is 1. The number of anilines is 1. The fourth-order valence-corrected chi connectivity index (χ4v) is 4.80. The lowest BCUT2D eigenvalue weighted by molar-refractivity contribution is -0.137. The molecule has 144 valence electrons. The molecule has 1 saturated heterocycles. The lowest BCUT2D eigenvalue weighted by Gasteiger charge is -2.36. The van der Waals surface area contributed by atoms with Gasteiger partial charge in [0, 0.05) is 43.4 Å². The summed E-state index contributed by atoms with van der Waals surface area (Å²) in [5, 5.41) is 11.1. The first-order valence-corrected chi connectivity index (χ1v) is 10.1. The van der Waals surface area contributed by atoms with E-state index in [0.717, 1.165) is 43.3 Å². The van der Waals surface area contributed by atoms with Gasteiger partial charge in [-0.25, -0.2) is 4.31 Å². The van der Waals surface area contributed by atoms with Crippen molar-refractivity contribution in [3.63, 3.8) is 0 Å². The third-order valence-electron chi connectivity index (χ3n) is 5.15. The summed E-state index contributed by atoms with van der Waals surface area (Å²) >= 11 is 1.92. The van der Waals surface area contributed by atoms with Crippen molar-refractivity contribution in [3.05, 3.63) is 29.3 Å². The standard InChI is InChI=1S/C19H21F3N4S/c1-2-26-17-11-13(19(20,21)22)3-6-15(17)16(12-23)18(26)24-7-9-25(10-8-24)27-14-4-5-14/h3,6,11,14H,2,4-5,7-10H2,1H3. The molecule has 1 aromatic heterocycles. The molecule has 2 aliphatic rings. The maximum Gasteiger partial charge on any atom is 0.416 e. The predicted molar refractivity (Wildman–Crippen MR) is 102 cm³/mol. The van der Waals surface area contributed by atoms with Crippen LogP contribution in [0.2, 0.25) is 0 Å². The summed E-state index contributed by atoms with van der Waals surface area (Å²) in [5.74, 6) is 0.755. The molecule has 2 fully saturated rings. The van der Waals surface area contributed by atoms with Gasteiger partial charge in [-0.3, -0.25) is 0 Å². The number of benzene rings is 1. The number of halogens is 3. The van der Waals surface area contributed by atoms with Crippen LogP contribution in [0.1, 0.15) is 30.9 Å². The Hall–Kier alpha value is -1.85. The van der Waals surface area contributed by atoms with Gasteiger partial charge in [0.15, 0.2) is 0 Å². The lowest BCUT2D eigenvalue weighted by Crippen LogP contribution is -2.44. The molecule has 27 heavy (non-hydrogen) atoms. The van der Waals surface area contributed by atoms with Crippen LogP contribution in [0.3, 0.4) is 0 Å². The molecule has 8 heteroatoms. The minimum atomic E-state index is -4.39. The Bertz CT molecular complexity index is 887. The second-order valence-electron chi connectivity index (χ2n) is 7.01. The first-order chi connectivity index (χ1) is 12.9. The molecular weight excluding hydrogens is 373 g/mol. The van der Waals surface area contributed by atoms with E-state index >= 15 is 0 Å². The van der Waals surface area contributed by atoms with Crippen molar-refractivity contribution < 1.29 is 13.2 Å². The van der Waals surface area contributed by atoms with E-state index in [1.807, 2.05) is 23.4 Å². The third kappa shape index (κ3) is 3.50. The molecule has 1 aliphatic heterocycles. The van der Waals surface area contributed by atoms with Gasteiger partial charge in [0.25, 0.3) is 0 Å². The number of hydrogen-bond donors (Lipinski definition) is 0. The van der Waals surface area contributed by atoms with Crippen molar-refractivity contribution in [2.45, 2.75) is 37.7 Å². The Balaban J connectivity index is 1.70. The van der Waals surface area contributed by atoms with Gasteiger partial charge in [0.05, 0.1) is 11.1 Å². The van der Waals surface area contributed by atoms with E-state index in [1.54, 1.807) is 0 Å². The maximum atomic E-state index is 13.2. The number of aryl methyl sites for hydroxylation is 1. The second kappa shape index (κ2) is 6.95. The van der Waals surface area contributed by atoms with Crippen molar-refractivity contribution in [2.75, 3.05) is 31.1 Å². The van der Waals surface area contributed by atoms with Crippen LogP contribution in [-0.2, 0) is 12.7 Å². The molecular formula is C19H21F3N4S. The Morgan fingerprint density at radius 1 is 1.19 bits per heavy atom. The number of aromatic nitrogens is 1. The highest BCUT2D eigenvalue weighted by atomic mass is 32.2. The molecule has 4 rings (SSSR count). The van der Waals surface area contributed by atoms with E-state index in [0.29, 0.717) is 23.0 Å². The van der Waals surface area contributed by atoms with Crippen LogP contribution in [0.5, 0.6) is 0 Å². The first kappa shape index (κ1) is 18.5. The molecule has 1 saturated carbocycles. The SMILES string of the molecule is CCn1c(N2CCN(SC3CC3)CC2)c(C#N)c2ccc(C(F)(F)F)cc21. The summed E-state index contributed by atoms with van der Waals surface area (Å²) in [6.45, 7) is 5.76. The molecule has 1 aliphatic carbocycles. The minimum Gasteiger partial charge on any atom is -0.354 e. The van der Waals surface area contributed by atoms with E-state index in [2.05, 4.69) is 15.3 Å². The summed E-state index contributed by atoms with van der Waals surface area (Å²) in [5.41, 5.74) is 0.279. The van der Waals surface area contributed by atoms with E-state index < -0.39 is 11.7 Å². The average Bonchev–Trinajstić information content (AvgIpc) is 3.40. The van der Waals surface area contributed by atoms with Gasteiger partial charge in [-0.15, -0.1) is 0 Å². The zero-order chi connectivity index (χ0) is 19.2. The van der Waals surface area contributed by atoms with Crippen LogP contribution in [0.25, 0.3) is 10.9 Å². The first-order valence-electron chi connectivity index (χ1n) is 9.22. The van der Waals surface area contributed by atoms with E-state index in [9.17, 15) is 18.4 Å². The third-order valence-corrected chi connectivity index (χ3v) is 6.59. The summed E-state index contributed by atoms with van der Waals surface area (Å²) in [7, 11) is 0. The molecule has 1 aromatic carbocycles. The number of alkyl halides is 3. The number of nitriles is 1. The number of hydrogen-bond acceptors (Lipinski definition) is 4. The van der Waals surface area contributed by atoms with Crippen LogP contribution in [0.15, 0.2) is 18.2 Å². The molecule has 0 amide bonds. The van der Waals surface area contributed by atoms with Gasteiger partial charge in [0.2, 0.25) is 0 Å². The van der Waals surface area contributed by atoms with Crippen LogP contribution in [0, 0.1) is 11.3 Å². The minimum absolute atomic E-state index is 0.476. The summed E-state index contributed by atoms with van der Waals surface area (Å²) < 4.78 is 43.7. The number of piperazine rings is 1. The van der Waals surface area contributed by atoms with Crippen LogP contribution in [-0.4, -0.2) is 40.3 Å². The quantitative estimate of drug-likeness (QED) is 0.716. The van der Waals surface area contributed by atoms with E-state index in [1.165, 1.54) is 25.0 Å². The average molecular weight is 394 g/mol. The molecule has 0 unspecified atom stereocenters. The lowest BCUT2D eigenvalue weighted by atomic mass is 10.1. The maximum absolute atomic E-state index is 13.2. The summed E-state index contributed by atoms with van der Waals surface area (Å²) in [6, 6.07) is 5.91. The van der Waals surface area contributed by atoms with Gasteiger partial charge in [-0.1, -0.05) is 18.0 Å². The summed E-state index contributed by atoms with van der Waals surface area (Å²) in [4.78, 5) is 2.15. The van der Waals surface area contributed by atoms with Gasteiger partial charge in [-0.05, 0) is 31.9 Å². The second-order valence-corrected chi connectivity index (χ2v) is 8.40. The normalized spacial score (nSPS) is 18.9. The number of rotatable bonds is 4. The molecule has 2 aromatic rings. The molecule has 0 bridgehead atoms. The zero-order valence-electron chi connectivity index (χ0n) is 15.1. The monoisotopic (exact) mass is 394 g/mol. The van der Waals surface area contributed by atoms with Crippen LogP contribution >= 0.6 is 11.9 Å². The molecule has 0 spiro atoms. The zero-order valence-corrected chi connectivity index (χ0v) is 15.9. The molecule has 2 heterocycles. The van der Waals surface area contributed by atoms with Crippen molar-refractivity contribution in [1.82, 2.24) is 8.87 Å². The molecule has 4 nitrogen and oxygen atoms in total. The van der Waals surface area contributed by atoms with Crippen molar-refractivity contribution in [3.8, 4) is 6.07 Å². The summed E-state index contributed by atoms with van der Waals surface area (Å²) in [6.07, 6.45) is -1.82. The van der Waals surface area contributed by atoms with Crippen molar-refractivity contribution >= 4 is 28.7 Å². The fourth-order valence-electron chi connectivity index (χ4n) is 3.66. The highest BCUT2D eigenvalue weighted by molar-refractivity contribution is 7.97. The Morgan fingerprint density at radius 2 is 1.89 bits per heavy atom. The number of nitrogens with zero attached hydrogens (tertiary/aromatic N) is 4. The molecule has 0 atom stereocenters. The van der Waals surface area contributed by atoms with E-state index in [4.69, 9.17) is 0 Å². The highest BCUT2D eigenvalue weighted by Crippen LogP contribution is 2.39. The highest BCUT2D eigenvalue weighted by Gasteiger charge is 2.33. The predicted octanol–water partition coefficient (Wildman–Crippen LogP) is 4.48. The topological polar surface area (TPSA) is 35.2 Å². The molecule has 0 radical (unpaired) electrons. The fraction of sp³-hybridized carbons (Fsp3) is 0.526. The Kier molecular flexibility index (Phi) is 4.77. The largest absolute Gasteiger partial charge is 0.416 e. The van der Waals surface area contributed by atoms with Crippen LogP contribution in [0.4, 0.5) is 19.0 Å².